The molecule has 0 fully saturated rings. The van der Waals surface area contributed by atoms with Crippen molar-refractivity contribution in [1.29, 1.82) is 0 Å². The minimum Gasteiger partial charge on any atom is -0.456 e. The standard InChI is InChI=1S/C24H22N2O5S.ClH/c25-22(27)13-18(26-12-11-15-5-1-2-6-16(15)14-26)24-21(32(28,29)30)10-9-20-23(24)17-7-3-4-8-19(17)31-20;/h1-10,18H,11-14H2,(H2,25,27)(H,28,29,30);1H. The highest BCUT2D eigenvalue weighted by Gasteiger charge is 2.33. The number of nitrogens with two attached hydrogens (primary N) is 1. The van der Waals surface area contributed by atoms with Gasteiger partial charge in [-0.15, -0.1) is 12.4 Å². The van der Waals surface area contributed by atoms with E-state index in [4.69, 9.17) is 10.2 Å². The predicted octanol–water partition coefficient (Wildman–Crippen LogP) is 4.23. The molecule has 1 aliphatic rings. The smallest absolute Gasteiger partial charge is 0.294 e. The van der Waals surface area contributed by atoms with Crippen molar-refractivity contribution >= 4 is 50.4 Å². The Balaban J connectivity index is 0.00000259. The van der Waals surface area contributed by atoms with Crippen molar-refractivity contribution in [2.45, 2.75) is 30.3 Å². The minimum absolute atomic E-state index is 0. The van der Waals surface area contributed by atoms with Gasteiger partial charge in [0.2, 0.25) is 5.91 Å². The normalized spacial score (nSPS) is 15.2. The third kappa shape index (κ3) is 4.22. The van der Waals surface area contributed by atoms with E-state index in [-0.39, 0.29) is 23.7 Å². The van der Waals surface area contributed by atoms with Crippen molar-refractivity contribution < 1.29 is 22.2 Å². The monoisotopic (exact) mass is 486 g/mol. The summed E-state index contributed by atoms with van der Waals surface area (Å²) in [5.74, 6) is -0.556. The molecular formula is C24H23ClN2O5S. The van der Waals surface area contributed by atoms with Gasteiger partial charge >= 0.3 is 0 Å². The van der Waals surface area contributed by atoms with Crippen LogP contribution in [0.5, 0.6) is 0 Å². The number of amides is 1. The molecule has 1 amide bonds. The van der Waals surface area contributed by atoms with E-state index in [9.17, 15) is 17.8 Å². The summed E-state index contributed by atoms with van der Waals surface area (Å²) in [6.07, 6.45) is 0.665. The molecule has 172 valence electrons. The van der Waals surface area contributed by atoms with Crippen LogP contribution in [-0.2, 0) is 27.9 Å². The molecule has 0 bridgehead atoms. The SMILES string of the molecule is Cl.NC(=O)CC(c1c(S(=O)(=O)O)ccc2oc3ccccc3c12)N1CCc2ccccc2C1. The number of nitrogens with zero attached hydrogens (tertiary/aromatic N) is 1. The fraction of sp³-hybridized carbons (Fsp3) is 0.208. The summed E-state index contributed by atoms with van der Waals surface area (Å²) >= 11 is 0. The molecule has 3 N–H and O–H groups in total. The molecule has 0 saturated carbocycles. The average molecular weight is 487 g/mol. The Kier molecular flexibility index (Phi) is 6.20. The molecule has 33 heavy (non-hydrogen) atoms. The number of hydrogen-bond donors (Lipinski definition) is 2. The predicted molar refractivity (Wildman–Crippen MR) is 128 cm³/mol. The second kappa shape index (κ2) is 8.79. The number of rotatable bonds is 5. The number of para-hydroxylation sites is 1. The molecule has 1 aromatic heterocycles. The van der Waals surface area contributed by atoms with Crippen molar-refractivity contribution in [1.82, 2.24) is 4.90 Å². The topological polar surface area (TPSA) is 114 Å². The first-order valence-electron chi connectivity index (χ1n) is 10.3. The average Bonchev–Trinajstić information content (AvgIpc) is 3.14. The Morgan fingerprint density at radius 3 is 2.45 bits per heavy atom. The number of primary amides is 1. The van der Waals surface area contributed by atoms with Crippen LogP contribution >= 0.6 is 12.4 Å². The quantitative estimate of drug-likeness (QED) is 0.408. The van der Waals surface area contributed by atoms with Crippen molar-refractivity contribution in [3.63, 3.8) is 0 Å². The molecule has 0 spiro atoms. The van der Waals surface area contributed by atoms with Crippen molar-refractivity contribution in [3.8, 4) is 0 Å². The van der Waals surface area contributed by atoms with Gasteiger partial charge < -0.3 is 10.2 Å². The zero-order chi connectivity index (χ0) is 22.5. The summed E-state index contributed by atoms with van der Waals surface area (Å²) < 4.78 is 40.9. The largest absolute Gasteiger partial charge is 0.456 e. The third-order valence-electron chi connectivity index (χ3n) is 6.15. The van der Waals surface area contributed by atoms with Crippen LogP contribution in [0, 0.1) is 0 Å². The second-order valence-electron chi connectivity index (χ2n) is 8.10. The minimum atomic E-state index is -4.57. The van der Waals surface area contributed by atoms with Gasteiger partial charge in [-0.2, -0.15) is 8.42 Å². The summed E-state index contributed by atoms with van der Waals surface area (Å²) in [7, 11) is -4.57. The van der Waals surface area contributed by atoms with E-state index in [1.54, 1.807) is 6.07 Å². The highest BCUT2D eigenvalue weighted by Crippen LogP contribution is 2.42. The zero-order valence-electron chi connectivity index (χ0n) is 17.6. The van der Waals surface area contributed by atoms with Gasteiger partial charge in [0.15, 0.2) is 0 Å². The third-order valence-corrected chi connectivity index (χ3v) is 7.06. The highest BCUT2D eigenvalue weighted by molar-refractivity contribution is 7.85. The molecule has 1 unspecified atom stereocenters. The van der Waals surface area contributed by atoms with Gasteiger partial charge in [0.25, 0.3) is 10.1 Å². The molecule has 3 aromatic carbocycles. The van der Waals surface area contributed by atoms with Gasteiger partial charge in [0, 0.05) is 41.9 Å². The lowest BCUT2D eigenvalue weighted by Crippen LogP contribution is -2.37. The Labute approximate surface area is 197 Å². The molecule has 7 nitrogen and oxygen atoms in total. The summed E-state index contributed by atoms with van der Waals surface area (Å²) in [4.78, 5) is 13.9. The van der Waals surface area contributed by atoms with E-state index in [0.717, 1.165) is 17.4 Å². The lowest BCUT2D eigenvalue weighted by atomic mass is 9.92. The molecular weight excluding hydrogens is 464 g/mol. The number of furan rings is 1. The molecule has 1 aliphatic heterocycles. The van der Waals surface area contributed by atoms with E-state index >= 15 is 0 Å². The molecule has 0 saturated heterocycles. The first kappa shape index (κ1) is 23.3. The van der Waals surface area contributed by atoms with Crippen LogP contribution in [0.3, 0.4) is 0 Å². The summed E-state index contributed by atoms with van der Waals surface area (Å²) in [6.45, 7) is 1.15. The summed E-state index contributed by atoms with van der Waals surface area (Å²) in [6, 6.07) is 17.6. The molecule has 2 heterocycles. The lowest BCUT2D eigenvalue weighted by Gasteiger charge is -2.36. The fourth-order valence-corrected chi connectivity index (χ4v) is 5.52. The van der Waals surface area contributed by atoms with E-state index in [1.807, 2.05) is 36.4 Å². The van der Waals surface area contributed by atoms with E-state index in [0.29, 0.717) is 35.2 Å². The number of halogens is 1. The molecule has 9 heteroatoms. The van der Waals surface area contributed by atoms with Crippen molar-refractivity contribution in [2.75, 3.05) is 6.54 Å². The van der Waals surface area contributed by atoms with E-state index < -0.39 is 22.1 Å². The second-order valence-corrected chi connectivity index (χ2v) is 9.49. The maximum atomic E-state index is 12.4. The lowest BCUT2D eigenvalue weighted by molar-refractivity contribution is -0.119. The first-order chi connectivity index (χ1) is 15.3. The maximum absolute atomic E-state index is 12.4. The van der Waals surface area contributed by atoms with Gasteiger partial charge in [-0.1, -0.05) is 42.5 Å². The molecule has 5 rings (SSSR count). The Bertz CT molecular complexity index is 1460. The Morgan fingerprint density at radius 1 is 1.03 bits per heavy atom. The molecule has 0 aliphatic carbocycles. The summed E-state index contributed by atoms with van der Waals surface area (Å²) in [5.41, 5.74) is 9.39. The van der Waals surface area contributed by atoms with E-state index in [2.05, 4.69) is 11.0 Å². The Morgan fingerprint density at radius 2 is 1.73 bits per heavy atom. The van der Waals surface area contributed by atoms with Gasteiger partial charge in [0.1, 0.15) is 11.2 Å². The van der Waals surface area contributed by atoms with Crippen LogP contribution in [0.4, 0.5) is 0 Å². The maximum Gasteiger partial charge on any atom is 0.294 e. The molecule has 1 atom stereocenters. The van der Waals surface area contributed by atoms with Crippen LogP contribution in [0.15, 0.2) is 70.0 Å². The van der Waals surface area contributed by atoms with Crippen LogP contribution in [0.25, 0.3) is 21.9 Å². The Hall–Kier alpha value is -2.91. The van der Waals surface area contributed by atoms with Crippen molar-refractivity contribution in [2.24, 2.45) is 5.73 Å². The van der Waals surface area contributed by atoms with Gasteiger partial charge in [-0.25, -0.2) is 0 Å². The van der Waals surface area contributed by atoms with Crippen LogP contribution in [0.1, 0.15) is 29.2 Å². The van der Waals surface area contributed by atoms with Crippen LogP contribution in [-0.4, -0.2) is 30.3 Å². The van der Waals surface area contributed by atoms with Gasteiger partial charge in [-0.05, 0) is 35.7 Å². The highest BCUT2D eigenvalue weighted by atomic mass is 35.5. The zero-order valence-corrected chi connectivity index (χ0v) is 19.2. The number of fused-ring (bicyclic) bond motifs is 4. The van der Waals surface area contributed by atoms with E-state index in [1.165, 1.54) is 17.7 Å². The van der Waals surface area contributed by atoms with Crippen LogP contribution in [0.2, 0.25) is 0 Å². The fourth-order valence-electron chi connectivity index (χ4n) is 4.77. The first-order valence-corrected chi connectivity index (χ1v) is 11.8. The van der Waals surface area contributed by atoms with Gasteiger partial charge in [-0.3, -0.25) is 14.2 Å². The van der Waals surface area contributed by atoms with Gasteiger partial charge in [0.05, 0.1) is 4.90 Å². The van der Waals surface area contributed by atoms with Crippen molar-refractivity contribution in [3.05, 3.63) is 77.4 Å². The van der Waals surface area contributed by atoms with Crippen LogP contribution < -0.4 is 5.73 Å². The summed E-state index contributed by atoms with van der Waals surface area (Å²) in [5, 5.41) is 1.29. The molecule has 4 aromatic rings. The number of hydrogen-bond acceptors (Lipinski definition) is 5. The molecule has 0 radical (unpaired) electrons. The number of carbonyl (C=O) groups is 1. The number of carbonyl (C=O) groups excluding carboxylic acids is 1. The number of benzene rings is 3.